The van der Waals surface area contributed by atoms with E-state index in [2.05, 4.69) is 9.78 Å². The maximum Gasteiger partial charge on any atom is 0.338 e. The molecule has 1 aromatic rings. The van der Waals surface area contributed by atoms with Gasteiger partial charge in [-0.15, -0.1) is 0 Å². The third-order valence-corrected chi connectivity index (χ3v) is 2.17. The SMILES string of the molecule is O=C(OCCOO)c1ccc(C(=O)OCCOO)cc1. The van der Waals surface area contributed by atoms with Crippen molar-refractivity contribution in [3.05, 3.63) is 35.4 Å². The molecule has 0 unspecified atom stereocenters. The number of rotatable bonds is 8. The Hall–Kier alpha value is -2.00. The number of hydrogen-bond donors (Lipinski definition) is 2. The second-order valence-electron chi connectivity index (χ2n) is 3.52. The first-order valence-electron chi connectivity index (χ1n) is 5.66. The van der Waals surface area contributed by atoms with E-state index in [0.29, 0.717) is 0 Å². The van der Waals surface area contributed by atoms with E-state index >= 15 is 0 Å². The van der Waals surface area contributed by atoms with Gasteiger partial charge in [0, 0.05) is 0 Å². The van der Waals surface area contributed by atoms with E-state index in [1.54, 1.807) is 0 Å². The number of esters is 2. The van der Waals surface area contributed by atoms with Gasteiger partial charge < -0.3 is 9.47 Å². The average Bonchev–Trinajstić information content (AvgIpc) is 2.47. The quantitative estimate of drug-likeness (QED) is 0.315. The van der Waals surface area contributed by atoms with Crippen molar-refractivity contribution in [3.8, 4) is 0 Å². The first-order valence-corrected chi connectivity index (χ1v) is 5.66. The van der Waals surface area contributed by atoms with Crippen LogP contribution < -0.4 is 0 Å². The molecule has 20 heavy (non-hydrogen) atoms. The molecule has 8 heteroatoms. The van der Waals surface area contributed by atoms with Crippen LogP contribution in [0.25, 0.3) is 0 Å². The third kappa shape index (κ3) is 5.33. The highest BCUT2D eigenvalue weighted by molar-refractivity contribution is 5.93. The molecule has 110 valence electrons. The molecule has 0 atom stereocenters. The van der Waals surface area contributed by atoms with Crippen LogP contribution in [-0.2, 0) is 19.2 Å². The molecule has 0 aliphatic carbocycles. The minimum atomic E-state index is -0.601. The molecular weight excluding hydrogens is 272 g/mol. The van der Waals surface area contributed by atoms with Crippen molar-refractivity contribution in [2.45, 2.75) is 0 Å². The van der Waals surface area contributed by atoms with Crippen LogP contribution >= 0.6 is 0 Å². The van der Waals surface area contributed by atoms with Gasteiger partial charge >= 0.3 is 11.9 Å². The summed E-state index contributed by atoms with van der Waals surface area (Å²) in [7, 11) is 0. The van der Waals surface area contributed by atoms with Crippen LogP contribution in [0.4, 0.5) is 0 Å². The van der Waals surface area contributed by atoms with Crippen LogP contribution in [0.1, 0.15) is 20.7 Å². The van der Waals surface area contributed by atoms with Gasteiger partial charge in [-0.25, -0.2) is 19.4 Å². The number of hydrogen-bond acceptors (Lipinski definition) is 8. The fourth-order valence-electron chi connectivity index (χ4n) is 1.25. The maximum absolute atomic E-state index is 11.5. The molecule has 0 aliphatic heterocycles. The molecule has 0 spiro atoms. The lowest BCUT2D eigenvalue weighted by Gasteiger charge is -2.05. The van der Waals surface area contributed by atoms with Crippen LogP contribution in [0.3, 0.4) is 0 Å². The average molecular weight is 286 g/mol. The largest absolute Gasteiger partial charge is 0.460 e. The normalized spacial score (nSPS) is 10.1. The summed E-state index contributed by atoms with van der Waals surface area (Å²) >= 11 is 0. The Kier molecular flexibility index (Phi) is 7.22. The summed E-state index contributed by atoms with van der Waals surface area (Å²) in [6.07, 6.45) is 0. The van der Waals surface area contributed by atoms with Crippen LogP contribution in [0, 0.1) is 0 Å². The first-order chi connectivity index (χ1) is 9.69. The van der Waals surface area contributed by atoms with Gasteiger partial charge in [0.15, 0.2) is 0 Å². The molecule has 1 aromatic carbocycles. The molecule has 0 fully saturated rings. The van der Waals surface area contributed by atoms with Gasteiger partial charge in [-0.1, -0.05) is 0 Å². The standard InChI is InChI=1S/C12H14O8/c13-11(17-5-7-19-15)9-1-2-10(4-3-9)12(14)18-6-8-20-16/h1-4,15-16H,5-8H2. The minimum Gasteiger partial charge on any atom is -0.460 e. The zero-order valence-corrected chi connectivity index (χ0v) is 10.5. The Morgan fingerprint density at radius 1 is 0.750 bits per heavy atom. The van der Waals surface area contributed by atoms with Gasteiger partial charge in [-0.05, 0) is 24.3 Å². The fourth-order valence-corrected chi connectivity index (χ4v) is 1.25. The van der Waals surface area contributed by atoms with Gasteiger partial charge in [0.25, 0.3) is 0 Å². The van der Waals surface area contributed by atoms with Crippen LogP contribution in [-0.4, -0.2) is 48.9 Å². The lowest BCUT2D eigenvalue weighted by molar-refractivity contribution is -0.246. The highest BCUT2D eigenvalue weighted by atomic mass is 17.1. The predicted octanol–water partition coefficient (Wildman–Crippen LogP) is 0.979. The molecule has 0 amide bonds. The number of carbonyl (C=O) groups excluding carboxylic acids is 2. The fraction of sp³-hybridized carbons (Fsp3) is 0.333. The van der Waals surface area contributed by atoms with Crippen molar-refractivity contribution < 1.29 is 39.4 Å². The van der Waals surface area contributed by atoms with E-state index in [-0.39, 0.29) is 37.6 Å². The van der Waals surface area contributed by atoms with E-state index < -0.39 is 11.9 Å². The number of carbonyl (C=O) groups is 2. The molecule has 0 aliphatic rings. The monoisotopic (exact) mass is 286 g/mol. The maximum atomic E-state index is 11.5. The van der Waals surface area contributed by atoms with Crippen LogP contribution in [0.5, 0.6) is 0 Å². The topological polar surface area (TPSA) is 112 Å². The smallest absolute Gasteiger partial charge is 0.338 e. The van der Waals surface area contributed by atoms with E-state index in [4.69, 9.17) is 20.0 Å². The van der Waals surface area contributed by atoms with Gasteiger partial charge in [-0.2, -0.15) is 0 Å². The summed E-state index contributed by atoms with van der Waals surface area (Å²) < 4.78 is 9.53. The minimum absolute atomic E-state index is 0.0830. The molecule has 0 bridgehead atoms. The highest BCUT2D eigenvalue weighted by Gasteiger charge is 2.10. The van der Waals surface area contributed by atoms with Crippen LogP contribution in [0.2, 0.25) is 0 Å². The summed E-state index contributed by atoms with van der Waals surface area (Å²) in [5, 5.41) is 16.1. The molecule has 1 rings (SSSR count). The van der Waals surface area contributed by atoms with Crippen molar-refractivity contribution in [2.75, 3.05) is 26.4 Å². The van der Waals surface area contributed by atoms with E-state index in [0.717, 1.165) is 0 Å². The molecule has 0 saturated heterocycles. The third-order valence-electron chi connectivity index (χ3n) is 2.17. The van der Waals surface area contributed by atoms with E-state index in [1.165, 1.54) is 24.3 Å². The van der Waals surface area contributed by atoms with Crippen molar-refractivity contribution in [1.82, 2.24) is 0 Å². The zero-order chi connectivity index (χ0) is 14.8. The Labute approximate surface area is 114 Å². The highest BCUT2D eigenvalue weighted by Crippen LogP contribution is 2.07. The zero-order valence-electron chi connectivity index (χ0n) is 10.5. The molecule has 0 heterocycles. The molecular formula is C12H14O8. The summed E-state index contributed by atoms with van der Waals surface area (Å²) in [6.45, 7) is -0.410. The number of ether oxygens (including phenoxy) is 2. The lowest BCUT2D eigenvalue weighted by Crippen LogP contribution is -2.12. The molecule has 8 nitrogen and oxygen atoms in total. The van der Waals surface area contributed by atoms with Crippen molar-refractivity contribution >= 4 is 11.9 Å². The summed E-state index contributed by atoms with van der Waals surface area (Å²) in [5.74, 6) is -1.20. The predicted molar refractivity (Wildman–Crippen MR) is 64.2 cm³/mol. The van der Waals surface area contributed by atoms with Crippen molar-refractivity contribution in [3.63, 3.8) is 0 Å². The Bertz CT molecular complexity index is 387. The Morgan fingerprint density at radius 3 is 1.40 bits per heavy atom. The molecule has 2 N–H and O–H groups in total. The second-order valence-corrected chi connectivity index (χ2v) is 3.52. The van der Waals surface area contributed by atoms with E-state index in [1.807, 2.05) is 0 Å². The molecule has 0 aromatic heterocycles. The van der Waals surface area contributed by atoms with Gasteiger partial charge in [0.2, 0.25) is 0 Å². The van der Waals surface area contributed by atoms with Gasteiger partial charge in [0.05, 0.1) is 11.1 Å². The van der Waals surface area contributed by atoms with Crippen molar-refractivity contribution in [2.24, 2.45) is 0 Å². The van der Waals surface area contributed by atoms with Gasteiger partial charge in [-0.3, -0.25) is 10.5 Å². The molecule has 0 radical (unpaired) electrons. The van der Waals surface area contributed by atoms with Crippen molar-refractivity contribution in [1.29, 1.82) is 0 Å². The second kappa shape index (κ2) is 8.99. The first kappa shape index (κ1) is 16.1. The summed E-state index contributed by atoms with van der Waals surface area (Å²) in [6, 6.07) is 5.62. The van der Waals surface area contributed by atoms with Crippen LogP contribution in [0.15, 0.2) is 24.3 Å². The Balaban J connectivity index is 2.50. The Morgan fingerprint density at radius 2 is 1.10 bits per heavy atom. The molecule has 0 saturated carbocycles. The van der Waals surface area contributed by atoms with E-state index in [9.17, 15) is 9.59 Å². The lowest BCUT2D eigenvalue weighted by atomic mass is 10.1. The summed E-state index contributed by atoms with van der Waals surface area (Å²) in [5.41, 5.74) is 0.497. The summed E-state index contributed by atoms with van der Waals surface area (Å²) in [4.78, 5) is 30.5. The number of benzene rings is 1. The van der Waals surface area contributed by atoms with Gasteiger partial charge in [0.1, 0.15) is 26.4 Å².